The van der Waals surface area contributed by atoms with Gasteiger partial charge in [-0.05, 0) is 29.9 Å². The topological polar surface area (TPSA) is 9.23 Å². The highest BCUT2D eigenvalue weighted by atomic mass is 16.5. The molecule has 0 spiro atoms. The van der Waals surface area contributed by atoms with Crippen LogP contribution in [0.1, 0.15) is 19.3 Å². The summed E-state index contributed by atoms with van der Waals surface area (Å²) in [5, 5.41) is 0. The van der Waals surface area contributed by atoms with Crippen LogP contribution in [-0.4, -0.2) is 7.11 Å². The van der Waals surface area contributed by atoms with Gasteiger partial charge in [0.25, 0.3) is 0 Å². The summed E-state index contributed by atoms with van der Waals surface area (Å²) in [5.41, 5.74) is 4.67. The summed E-state index contributed by atoms with van der Waals surface area (Å²) in [6.45, 7) is 0. The molecule has 3 aliphatic rings. The fourth-order valence-electron chi connectivity index (χ4n) is 2.37. The van der Waals surface area contributed by atoms with E-state index in [1.54, 1.807) is 12.7 Å². The average molecular weight is 160 g/mol. The largest absolute Gasteiger partial charge is 0.500 e. The molecule has 3 rings (SSSR count). The summed E-state index contributed by atoms with van der Waals surface area (Å²) >= 11 is 0. The Kier molecular flexibility index (Phi) is 1.11. The molecule has 0 saturated heterocycles. The number of methoxy groups -OCH3 is 1. The van der Waals surface area contributed by atoms with E-state index in [9.17, 15) is 0 Å². The highest BCUT2D eigenvalue weighted by Gasteiger charge is 2.41. The Hall–Kier alpha value is -0.980. The predicted molar refractivity (Wildman–Crippen MR) is 47.5 cm³/mol. The van der Waals surface area contributed by atoms with E-state index in [1.807, 2.05) is 0 Å². The minimum atomic E-state index is 0.892. The molecule has 0 N–H and O–H groups in total. The van der Waals surface area contributed by atoms with Crippen molar-refractivity contribution in [1.82, 2.24) is 0 Å². The molecule has 1 saturated carbocycles. The van der Waals surface area contributed by atoms with Crippen LogP contribution in [0.25, 0.3) is 0 Å². The van der Waals surface area contributed by atoms with Crippen molar-refractivity contribution >= 4 is 0 Å². The smallest absolute Gasteiger partial charge is 0.103 e. The number of rotatable bonds is 1. The van der Waals surface area contributed by atoms with Crippen LogP contribution in [-0.2, 0) is 4.74 Å². The van der Waals surface area contributed by atoms with Gasteiger partial charge in [-0.15, -0.1) is 0 Å². The van der Waals surface area contributed by atoms with Crippen LogP contribution in [0.4, 0.5) is 0 Å². The molecule has 1 fully saturated rings. The fourth-order valence-corrected chi connectivity index (χ4v) is 2.37. The number of allylic oxidation sites excluding steroid dienone is 5. The second-order valence-electron chi connectivity index (χ2n) is 3.76. The van der Waals surface area contributed by atoms with Crippen molar-refractivity contribution < 1.29 is 4.74 Å². The second-order valence-corrected chi connectivity index (χ2v) is 3.76. The average Bonchev–Trinajstić information content (AvgIpc) is 2.78. The lowest BCUT2D eigenvalue weighted by molar-refractivity contribution is 0.278. The van der Waals surface area contributed by atoms with Crippen molar-refractivity contribution in [3.05, 3.63) is 34.6 Å². The third kappa shape index (κ3) is 0.689. The Balaban J connectivity index is 2.11. The van der Waals surface area contributed by atoms with E-state index in [0.717, 1.165) is 12.3 Å². The van der Waals surface area contributed by atoms with Crippen LogP contribution in [0, 0.1) is 5.92 Å². The van der Waals surface area contributed by atoms with E-state index >= 15 is 0 Å². The first-order chi connectivity index (χ1) is 5.90. The zero-order valence-electron chi connectivity index (χ0n) is 7.26. The van der Waals surface area contributed by atoms with Gasteiger partial charge in [-0.1, -0.05) is 17.7 Å². The van der Waals surface area contributed by atoms with Gasteiger partial charge in [-0.3, -0.25) is 0 Å². The molecule has 3 aliphatic carbocycles. The molecule has 1 atom stereocenters. The Morgan fingerprint density at radius 3 is 3.17 bits per heavy atom. The van der Waals surface area contributed by atoms with E-state index in [4.69, 9.17) is 4.74 Å². The molecule has 0 heterocycles. The molecule has 0 aromatic carbocycles. The summed E-state index contributed by atoms with van der Waals surface area (Å²) in [4.78, 5) is 0. The highest BCUT2D eigenvalue weighted by Crippen LogP contribution is 2.55. The van der Waals surface area contributed by atoms with Crippen molar-refractivity contribution in [1.29, 1.82) is 0 Å². The predicted octanol–water partition coefficient (Wildman–Crippen LogP) is 2.57. The normalized spacial score (nSPS) is 30.6. The standard InChI is InChI=1S/C11H12O/c1-12-11-4-2-3-8-9-5-7(9)6-10(8)11/h2-3,7H,4-6H2,1H3. The van der Waals surface area contributed by atoms with Crippen molar-refractivity contribution in [2.45, 2.75) is 19.3 Å². The first kappa shape index (κ1) is 6.53. The molecular weight excluding hydrogens is 148 g/mol. The molecule has 1 heteroatoms. The van der Waals surface area contributed by atoms with Gasteiger partial charge in [0.1, 0.15) is 5.76 Å². The molecule has 1 unspecified atom stereocenters. The van der Waals surface area contributed by atoms with Crippen LogP contribution >= 0.6 is 0 Å². The van der Waals surface area contributed by atoms with E-state index < -0.39 is 0 Å². The Morgan fingerprint density at radius 1 is 1.42 bits per heavy atom. The van der Waals surface area contributed by atoms with Crippen molar-refractivity contribution in [2.75, 3.05) is 7.11 Å². The highest BCUT2D eigenvalue weighted by molar-refractivity contribution is 5.58. The maximum Gasteiger partial charge on any atom is 0.103 e. The van der Waals surface area contributed by atoms with E-state index in [1.165, 1.54) is 29.7 Å². The Labute approximate surface area is 72.4 Å². The summed E-state index contributed by atoms with van der Waals surface area (Å²) in [6.07, 6.45) is 8.08. The molecule has 62 valence electrons. The minimum absolute atomic E-state index is 0.892. The van der Waals surface area contributed by atoms with Crippen LogP contribution in [0.5, 0.6) is 0 Å². The maximum absolute atomic E-state index is 5.37. The van der Waals surface area contributed by atoms with Crippen molar-refractivity contribution in [2.24, 2.45) is 5.92 Å². The first-order valence-corrected chi connectivity index (χ1v) is 4.56. The lowest BCUT2D eigenvalue weighted by Gasteiger charge is -2.15. The van der Waals surface area contributed by atoms with Crippen LogP contribution in [0.15, 0.2) is 34.6 Å². The lowest BCUT2D eigenvalue weighted by atomic mass is 9.97. The monoisotopic (exact) mass is 160 g/mol. The molecule has 0 aromatic heterocycles. The second kappa shape index (κ2) is 2.03. The molecule has 12 heavy (non-hydrogen) atoms. The molecule has 0 aromatic rings. The van der Waals surface area contributed by atoms with E-state index in [0.29, 0.717) is 0 Å². The van der Waals surface area contributed by atoms with Gasteiger partial charge in [0.05, 0.1) is 7.11 Å². The molecule has 0 radical (unpaired) electrons. The fraction of sp³-hybridized carbons (Fsp3) is 0.455. The third-order valence-electron chi connectivity index (χ3n) is 3.09. The van der Waals surface area contributed by atoms with Crippen LogP contribution in [0.3, 0.4) is 0 Å². The summed E-state index contributed by atoms with van der Waals surface area (Å²) < 4.78 is 5.37. The molecule has 0 amide bonds. The number of hydrogen-bond acceptors (Lipinski definition) is 1. The van der Waals surface area contributed by atoms with Gasteiger partial charge in [-0.25, -0.2) is 0 Å². The van der Waals surface area contributed by atoms with Gasteiger partial charge in [0, 0.05) is 6.42 Å². The van der Waals surface area contributed by atoms with Gasteiger partial charge < -0.3 is 4.74 Å². The summed E-state index contributed by atoms with van der Waals surface area (Å²) in [7, 11) is 1.79. The zero-order chi connectivity index (χ0) is 8.13. The van der Waals surface area contributed by atoms with Crippen molar-refractivity contribution in [3.63, 3.8) is 0 Å². The lowest BCUT2D eigenvalue weighted by Crippen LogP contribution is -1.98. The van der Waals surface area contributed by atoms with Crippen LogP contribution in [0.2, 0.25) is 0 Å². The first-order valence-electron chi connectivity index (χ1n) is 4.56. The molecule has 1 nitrogen and oxygen atoms in total. The quantitative estimate of drug-likeness (QED) is 0.572. The maximum atomic E-state index is 5.37. The minimum Gasteiger partial charge on any atom is -0.500 e. The molecule has 0 bridgehead atoms. The number of hydrogen-bond donors (Lipinski definition) is 0. The summed E-state index contributed by atoms with van der Waals surface area (Å²) in [5.74, 6) is 2.09. The van der Waals surface area contributed by atoms with Gasteiger partial charge >= 0.3 is 0 Å². The summed E-state index contributed by atoms with van der Waals surface area (Å²) in [6, 6.07) is 0. The number of ether oxygens (including phenoxy) is 1. The zero-order valence-corrected chi connectivity index (χ0v) is 7.26. The molecule has 0 aliphatic heterocycles. The third-order valence-corrected chi connectivity index (χ3v) is 3.09. The number of fused-ring (bicyclic) bond motifs is 2. The SMILES string of the molecule is COC1=C2CC3CC3=C2C=CC1. The van der Waals surface area contributed by atoms with Gasteiger partial charge in [0.2, 0.25) is 0 Å². The Morgan fingerprint density at radius 2 is 2.33 bits per heavy atom. The van der Waals surface area contributed by atoms with Crippen molar-refractivity contribution in [3.8, 4) is 0 Å². The molecular formula is C11H12O. The van der Waals surface area contributed by atoms with Gasteiger partial charge in [-0.2, -0.15) is 0 Å². The Bertz CT molecular complexity index is 331. The van der Waals surface area contributed by atoms with E-state index in [2.05, 4.69) is 12.2 Å². The van der Waals surface area contributed by atoms with E-state index in [-0.39, 0.29) is 0 Å². The van der Waals surface area contributed by atoms with Crippen LogP contribution < -0.4 is 0 Å². The van der Waals surface area contributed by atoms with Gasteiger partial charge in [0.15, 0.2) is 0 Å².